The Morgan fingerprint density at radius 3 is 2.69 bits per heavy atom. The molecule has 0 aliphatic carbocycles. The van der Waals surface area contributed by atoms with Gasteiger partial charge in [0.15, 0.2) is 5.82 Å². The molecule has 26 heavy (non-hydrogen) atoms. The normalized spacial score (nSPS) is 10.7. The van der Waals surface area contributed by atoms with Crippen LogP contribution in [-0.2, 0) is 17.9 Å². The first-order valence-electron chi connectivity index (χ1n) is 8.22. The Kier molecular flexibility index (Phi) is 5.65. The molecule has 0 fully saturated rings. The number of amides is 1. The molecule has 3 rings (SSSR count). The largest absolute Gasteiger partial charge is 0.326 e. The number of nitrogens with zero attached hydrogens (tertiary/aromatic N) is 4. The lowest BCUT2D eigenvalue weighted by Gasteiger charge is -2.09. The zero-order valence-electron chi connectivity index (χ0n) is 14.9. The first-order chi connectivity index (χ1) is 12.5. The van der Waals surface area contributed by atoms with Gasteiger partial charge >= 0.3 is 0 Å². The molecular formula is C18H20N6OS. The van der Waals surface area contributed by atoms with Gasteiger partial charge in [-0.05, 0) is 19.9 Å². The first-order valence-corrected chi connectivity index (χ1v) is 9.04. The average molecular weight is 368 g/mol. The third kappa shape index (κ3) is 4.47. The van der Waals surface area contributed by atoms with Gasteiger partial charge in [0, 0.05) is 23.9 Å². The summed E-state index contributed by atoms with van der Waals surface area (Å²) in [5.41, 5.74) is 3.25. The summed E-state index contributed by atoms with van der Waals surface area (Å²) in [6, 6.07) is 7.50. The molecule has 0 bridgehead atoms. The van der Waals surface area contributed by atoms with Crippen LogP contribution in [0.15, 0.2) is 30.5 Å². The van der Waals surface area contributed by atoms with Crippen molar-refractivity contribution >= 4 is 22.9 Å². The van der Waals surface area contributed by atoms with Crippen molar-refractivity contribution in [3.8, 4) is 11.3 Å². The summed E-state index contributed by atoms with van der Waals surface area (Å²) in [6.07, 6.45) is 1.59. The Hall–Kier alpha value is -2.71. The molecule has 1 amide bonds. The third-order valence-corrected chi connectivity index (χ3v) is 4.82. The number of aromatic nitrogens is 4. The molecule has 0 unspecified atom stereocenters. The summed E-state index contributed by atoms with van der Waals surface area (Å²) < 4.78 is 0. The molecule has 0 aliphatic rings. The number of anilines is 1. The molecule has 0 saturated heterocycles. The number of benzene rings is 1. The number of nitrogens with one attached hydrogen (secondary N) is 2. The van der Waals surface area contributed by atoms with Crippen molar-refractivity contribution in [2.45, 2.75) is 33.9 Å². The fraction of sp³-hybridized carbons (Fsp3) is 0.278. The third-order valence-electron chi connectivity index (χ3n) is 3.75. The lowest BCUT2D eigenvalue weighted by atomic mass is 10.1. The topological polar surface area (TPSA) is 92.7 Å². The highest BCUT2D eigenvalue weighted by molar-refractivity contribution is 7.11. The molecular weight excluding hydrogens is 348 g/mol. The number of thiazole rings is 1. The quantitative estimate of drug-likeness (QED) is 0.695. The van der Waals surface area contributed by atoms with Crippen molar-refractivity contribution in [2.24, 2.45) is 0 Å². The van der Waals surface area contributed by atoms with Gasteiger partial charge in [-0.15, -0.1) is 16.4 Å². The minimum atomic E-state index is -0.129. The Morgan fingerprint density at radius 1 is 1.15 bits per heavy atom. The molecule has 0 saturated carbocycles. The van der Waals surface area contributed by atoms with Crippen molar-refractivity contribution in [3.05, 3.63) is 51.9 Å². The second-order valence-electron chi connectivity index (χ2n) is 5.84. The van der Waals surface area contributed by atoms with Crippen LogP contribution < -0.4 is 10.6 Å². The highest BCUT2D eigenvalue weighted by Crippen LogP contribution is 2.25. The Morgan fingerprint density at radius 2 is 1.96 bits per heavy atom. The fourth-order valence-corrected chi connectivity index (χ4v) is 3.35. The second-order valence-corrected chi connectivity index (χ2v) is 7.13. The van der Waals surface area contributed by atoms with Gasteiger partial charge in [0.25, 0.3) is 0 Å². The van der Waals surface area contributed by atoms with Crippen LogP contribution in [0.5, 0.6) is 0 Å². The average Bonchev–Trinajstić information content (AvgIpc) is 2.93. The SMILES string of the molecule is CC(=O)Nc1ccccc1-c1cnnc(CNCc2nc(C)c(C)s2)n1. The van der Waals surface area contributed by atoms with Gasteiger partial charge in [-0.1, -0.05) is 18.2 Å². The van der Waals surface area contributed by atoms with E-state index in [4.69, 9.17) is 0 Å². The molecule has 1 aromatic carbocycles. The molecule has 7 nitrogen and oxygen atoms in total. The number of hydrogen-bond acceptors (Lipinski definition) is 7. The Labute approximate surface area is 155 Å². The number of rotatable bonds is 6. The predicted molar refractivity (Wildman–Crippen MR) is 102 cm³/mol. The number of para-hydroxylation sites is 1. The molecule has 3 aromatic rings. The van der Waals surface area contributed by atoms with Crippen molar-refractivity contribution in [1.82, 2.24) is 25.5 Å². The van der Waals surface area contributed by atoms with E-state index in [1.165, 1.54) is 11.8 Å². The second kappa shape index (κ2) is 8.11. The number of carbonyl (C=O) groups excluding carboxylic acids is 1. The summed E-state index contributed by atoms with van der Waals surface area (Å²) in [7, 11) is 0. The van der Waals surface area contributed by atoms with Crippen LogP contribution in [0.3, 0.4) is 0 Å². The molecule has 0 radical (unpaired) electrons. The van der Waals surface area contributed by atoms with Crippen LogP contribution >= 0.6 is 11.3 Å². The molecule has 134 valence electrons. The minimum absolute atomic E-state index is 0.129. The molecule has 2 aromatic heterocycles. The number of hydrogen-bond donors (Lipinski definition) is 2. The first kappa shape index (κ1) is 18.1. The molecule has 2 heterocycles. The van der Waals surface area contributed by atoms with Crippen molar-refractivity contribution < 1.29 is 4.79 Å². The van der Waals surface area contributed by atoms with E-state index >= 15 is 0 Å². The van der Waals surface area contributed by atoms with Gasteiger partial charge in [0.2, 0.25) is 5.91 Å². The van der Waals surface area contributed by atoms with E-state index in [9.17, 15) is 4.79 Å². The van der Waals surface area contributed by atoms with E-state index in [1.807, 2.05) is 31.2 Å². The van der Waals surface area contributed by atoms with E-state index in [1.54, 1.807) is 17.5 Å². The molecule has 0 atom stereocenters. The van der Waals surface area contributed by atoms with Gasteiger partial charge in [-0.3, -0.25) is 4.79 Å². The van der Waals surface area contributed by atoms with Crippen LogP contribution in [-0.4, -0.2) is 26.1 Å². The molecule has 2 N–H and O–H groups in total. The zero-order chi connectivity index (χ0) is 18.5. The maximum atomic E-state index is 11.4. The van der Waals surface area contributed by atoms with Gasteiger partial charge in [-0.2, -0.15) is 5.10 Å². The van der Waals surface area contributed by atoms with Crippen molar-refractivity contribution in [2.75, 3.05) is 5.32 Å². The summed E-state index contributed by atoms with van der Waals surface area (Å²) in [4.78, 5) is 21.7. The predicted octanol–water partition coefficient (Wildman–Crippen LogP) is 2.86. The lowest BCUT2D eigenvalue weighted by molar-refractivity contribution is -0.114. The van der Waals surface area contributed by atoms with Crippen molar-refractivity contribution in [1.29, 1.82) is 0 Å². The Balaban J connectivity index is 1.71. The number of carbonyl (C=O) groups is 1. The van der Waals surface area contributed by atoms with Gasteiger partial charge in [-0.25, -0.2) is 9.97 Å². The van der Waals surface area contributed by atoms with E-state index in [2.05, 4.69) is 37.7 Å². The van der Waals surface area contributed by atoms with E-state index < -0.39 is 0 Å². The molecule has 0 aliphatic heterocycles. The van der Waals surface area contributed by atoms with Gasteiger partial charge in [0.05, 0.1) is 29.8 Å². The van der Waals surface area contributed by atoms with E-state index in [-0.39, 0.29) is 5.91 Å². The fourth-order valence-electron chi connectivity index (χ4n) is 2.45. The van der Waals surface area contributed by atoms with Crippen LogP contribution in [0.2, 0.25) is 0 Å². The van der Waals surface area contributed by atoms with Crippen molar-refractivity contribution in [3.63, 3.8) is 0 Å². The van der Waals surface area contributed by atoms with Crippen LogP contribution in [0, 0.1) is 13.8 Å². The van der Waals surface area contributed by atoms with Crippen LogP contribution in [0.25, 0.3) is 11.3 Å². The monoisotopic (exact) mass is 368 g/mol. The minimum Gasteiger partial charge on any atom is -0.326 e. The highest BCUT2D eigenvalue weighted by Gasteiger charge is 2.10. The molecule has 0 spiro atoms. The Bertz CT molecular complexity index is 904. The smallest absolute Gasteiger partial charge is 0.221 e. The maximum absolute atomic E-state index is 11.4. The van der Waals surface area contributed by atoms with E-state index in [0.717, 1.165) is 16.3 Å². The number of aryl methyl sites for hydroxylation is 2. The summed E-state index contributed by atoms with van der Waals surface area (Å²) in [5, 5.41) is 15.3. The zero-order valence-corrected chi connectivity index (χ0v) is 15.7. The molecule has 8 heteroatoms. The van der Waals surface area contributed by atoms with Crippen LogP contribution in [0.4, 0.5) is 5.69 Å². The summed E-state index contributed by atoms with van der Waals surface area (Å²) in [6.45, 7) is 6.71. The van der Waals surface area contributed by atoms with Gasteiger partial charge in [0.1, 0.15) is 5.01 Å². The summed E-state index contributed by atoms with van der Waals surface area (Å²) in [5.74, 6) is 0.459. The van der Waals surface area contributed by atoms with Crippen LogP contribution in [0.1, 0.15) is 28.3 Å². The maximum Gasteiger partial charge on any atom is 0.221 e. The standard InChI is InChI=1S/C18H20N6OS/c1-11-12(2)26-18(21-11)10-19-9-17-23-16(8-20-24-17)14-6-4-5-7-15(14)22-13(3)25/h4-8,19H,9-10H2,1-3H3,(H,22,25). The lowest BCUT2D eigenvalue weighted by Crippen LogP contribution is -2.15. The van der Waals surface area contributed by atoms with Gasteiger partial charge < -0.3 is 10.6 Å². The highest BCUT2D eigenvalue weighted by atomic mass is 32.1. The summed E-state index contributed by atoms with van der Waals surface area (Å²) >= 11 is 1.69. The van der Waals surface area contributed by atoms with E-state index in [0.29, 0.717) is 30.3 Å².